The van der Waals surface area contributed by atoms with Crippen molar-refractivity contribution in [3.63, 3.8) is 0 Å². The molecule has 0 aliphatic rings. The van der Waals surface area contributed by atoms with Crippen molar-refractivity contribution in [2.24, 2.45) is 0 Å². The molecule has 1 aromatic carbocycles. The molecule has 1 rings (SSSR count). The summed E-state index contributed by atoms with van der Waals surface area (Å²) in [7, 11) is -3.75. The van der Waals surface area contributed by atoms with Crippen LogP contribution in [-0.2, 0) is 26.7 Å². The molecule has 0 fully saturated rings. The maximum atomic E-state index is 12.3. The van der Waals surface area contributed by atoms with Crippen molar-refractivity contribution in [1.29, 1.82) is 0 Å². The molecular weight excluding hydrogens is 394 g/mol. The lowest BCUT2D eigenvalue weighted by Gasteiger charge is -2.26. The van der Waals surface area contributed by atoms with Gasteiger partial charge in [0.15, 0.2) is 0 Å². The fourth-order valence-electron chi connectivity index (χ4n) is 1.97. The summed E-state index contributed by atoms with van der Waals surface area (Å²) in [4.78, 5) is 12.3. The van der Waals surface area contributed by atoms with Gasteiger partial charge in [-0.05, 0) is 49.4 Å². The first-order valence-electron chi connectivity index (χ1n) is 7.60. The Balaban J connectivity index is 3.22. The maximum absolute atomic E-state index is 12.3. The van der Waals surface area contributed by atoms with E-state index in [0.717, 1.165) is 20.6 Å². The molecule has 7 heteroatoms. The van der Waals surface area contributed by atoms with E-state index in [1.54, 1.807) is 26.8 Å². The number of ether oxygens (including phenoxy) is 1. The number of carbonyl (C=O) groups is 1. The molecule has 0 spiro atoms. The van der Waals surface area contributed by atoms with Crippen LogP contribution in [-0.4, -0.2) is 30.7 Å². The number of carbonyl (C=O) groups excluding carboxylic acids is 1. The van der Waals surface area contributed by atoms with Crippen molar-refractivity contribution in [3.05, 3.63) is 33.8 Å². The molecule has 1 amide bonds. The molecule has 24 heavy (non-hydrogen) atoms. The topological polar surface area (TPSA) is 63.7 Å². The monoisotopic (exact) mass is 419 g/mol. The summed E-state index contributed by atoms with van der Waals surface area (Å²) in [5.41, 5.74) is 0.893. The Labute approximate surface area is 153 Å². The lowest BCUT2D eigenvalue weighted by Crippen LogP contribution is -2.39. The van der Waals surface area contributed by atoms with Gasteiger partial charge in [-0.1, -0.05) is 42.8 Å². The summed E-state index contributed by atoms with van der Waals surface area (Å²) in [6.45, 7) is 11.2. The zero-order valence-corrected chi connectivity index (χ0v) is 17.7. The molecule has 0 radical (unpaired) electrons. The van der Waals surface area contributed by atoms with Crippen LogP contribution in [0.2, 0.25) is 0 Å². The summed E-state index contributed by atoms with van der Waals surface area (Å²) < 4.78 is 30.9. The average molecular weight is 420 g/mol. The molecule has 0 N–H and O–H groups in total. The Hall–Kier alpha value is -1.08. The third-order valence-corrected chi connectivity index (χ3v) is 4.68. The fraction of sp³-hybridized carbons (Fsp3) is 0.588. The molecular formula is C17H26BrNO4S. The van der Waals surface area contributed by atoms with Gasteiger partial charge >= 0.3 is 6.09 Å². The van der Waals surface area contributed by atoms with E-state index in [9.17, 15) is 13.2 Å². The van der Waals surface area contributed by atoms with E-state index in [1.165, 1.54) is 0 Å². The minimum absolute atomic E-state index is 0.0731. The van der Waals surface area contributed by atoms with E-state index < -0.39 is 21.7 Å². The average Bonchev–Trinajstić information content (AvgIpc) is 2.30. The Kier molecular flexibility index (Phi) is 6.15. The van der Waals surface area contributed by atoms with Crippen molar-refractivity contribution in [2.45, 2.75) is 59.1 Å². The summed E-state index contributed by atoms with van der Waals surface area (Å²) in [5, 5.41) is 0. The SMILES string of the molecule is CC(C)(C)OC(=O)N(Cc1cc(Br)cc(C(C)(C)C)c1)S(C)(=O)=O. The molecule has 5 nitrogen and oxygen atoms in total. The van der Waals surface area contributed by atoms with Crippen LogP contribution in [0.3, 0.4) is 0 Å². The largest absolute Gasteiger partial charge is 0.443 e. The molecule has 1 aromatic rings. The highest BCUT2D eigenvalue weighted by Crippen LogP contribution is 2.28. The number of hydrogen-bond acceptors (Lipinski definition) is 4. The predicted molar refractivity (Wildman–Crippen MR) is 99.5 cm³/mol. The zero-order valence-electron chi connectivity index (χ0n) is 15.3. The molecule has 0 saturated carbocycles. The first-order chi connectivity index (χ1) is 10.6. The number of hydrogen-bond donors (Lipinski definition) is 0. The van der Waals surface area contributed by atoms with Gasteiger partial charge in [0.1, 0.15) is 5.60 Å². The number of sulfonamides is 1. The molecule has 0 atom stereocenters. The number of nitrogens with zero attached hydrogens (tertiary/aromatic N) is 1. The van der Waals surface area contributed by atoms with Crippen LogP contribution < -0.4 is 0 Å². The van der Waals surface area contributed by atoms with Gasteiger partial charge in [-0.15, -0.1) is 0 Å². The summed E-state index contributed by atoms with van der Waals surface area (Å²) >= 11 is 3.45. The Morgan fingerprint density at radius 2 is 1.67 bits per heavy atom. The fourth-order valence-corrected chi connectivity index (χ4v) is 3.20. The van der Waals surface area contributed by atoms with Crippen LogP contribution >= 0.6 is 15.9 Å². The van der Waals surface area contributed by atoms with E-state index in [2.05, 4.69) is 36.7 Å². The van der Waals surface area contributed by atoms with Gasteiger partial charge in [-0.3, -0.25) is 0 Å². The second kappa shape index (κ2) is 7.04. The maximum Gasteiger partial charge on any atom is 0.424 e. The van der Waals surface area contributed by atoms with E-state index in [-0.39, 0.29) is 12.0 Å². The zero-order chi connectivity index (χ0) is 18.9. The first kappa shape index (κ1) is 21.0. The lowest BCUT2D eigenvalue weighted by atomic mass is 9.86. The summed E-state index contributed by atoms with van der Waals surface area (Å²) in [6, 6.07) is 5.70. The number of halogens is 1. The second-order valence-electron chi connectivity index (χ2n) is 7.85. The van der Waals surface area contributed by atoms with E-state index in [4.69, 9.17) is 4.74 Å². The minimum Gasteiger partial charge on any atom is -0.443 e. The quantitative estimate of drug-likeness (QED) is 0.725. The Morgan fingerprint density at radius 1 is 1.12 bits per heavy atom. The van der Waals surface area contributed by atoms with Gasteiger partial charge in [0.25, 0.3) is 0 Å². The molecule has 0 heterocycles. The van der Waals surface area contributed by atoms with Crippen LogP contribution in [0.1, 0.15) is 52.7 Å². The van der Waals surface area contributed by atoms with Crippen LogP contribution in [0.15, 0.2) is 22.7 Å². The van der Waals surface area contributed by atoms with Crippen LogP contribution in [0.4, 0.5) is 4.79 Å². The highest BCUT2D eigenvalue weighted by molar-refractivity contribution is 9.10. The number of benzene rings is 1. The first-order valence-corrected chi connectivity index (χ1v) is 10.2. The predicted octanol–water partition coefficient (Wildman–Crippen LogP) is 4.44. The van der Waals surface area contributed by atoms with Crippen molar-refractivity contribution in [3.8, 4) is 0 Å². The van der Waals surface area contributed by atoms with Crippen molar-refractivity contribution in [1.82, 2.24) is 4.31 Å². The molecule has 0 bridgehead atoms. The normalized spacial score (nSPS) is 12.8. The van der Waals surface area contributed by atoms with Gasteiger partial charge in [-0.2, -0.15) is 0 Å². The van der Waals surface area contributed by atoms with E-state index >= 15 is 0 Å². The van der Waals surface area contributed by atoms with E-state index in [1.807, 2.05) is 12.1 Å². The number of amides is 1. The highest BCUT2D eigenvalue weighted by atomic mass is 79.9. The van der Waals surface area contributed by atoms with Gasteiger partial charge in [-0.25, -0.2) is 17.5 Å². The van der Waals surface area contributed by atoms with Gasteiger partial charge in [0.05, 0.1) is 12.8 Å². The van der Waals surface area contributed by atoms with Crippen LogP contribution in [0.5, 0.6) is 0 Å². The van der Waals surface area contributed by atoms with Gasteiger partial charge in [0, 0.05) is 4.47 Å². The van der Waals surface area contributed by atoms with Crippen molar-refractivity contribution < 1.29 is 17.9 Å². The van der Waals surface area contributed by atoms with Crippen LogP contribution in [0.25, 0.3) is 0 Å². The molecule has 0 saturated heterocycles. The van der Waals surface area contributed by atoms with Gasteiger partial charge < -0.3 is 4.74 Å². The molecule has 136 valence electrons. The molecule has 0 aromatic heterocycles. The number of rotatable bonds is 3. The molecule has 0 aliphatic heterocycles. The summed E-state index contributed by atoms with van der Waals surface area (Å²) in [5.74, 6) is 0. The third-order valence-electron chi connectivity index (χ3n) is 3.15. The second-order valence-corrected chi connectivity index (χ2v) is 10.7. The summed E-state index contributed by atoms with van der Waals surface area (Å²) in [6.07, 6.45) is 0.127. The smallest absolute Gasteiger partial charge is 0.424 e. The van der Waals surface area contributed by atoms with Gasteiger partial charge in [0.2, 0.25) is 10.0 Å². The standard InChI is InChI=1S/C17H26BrNO4S/c1-16(2,3)13-8-12(9-14(18)10-13)11-19(24(7,21)22)15(20)23-17(4,5)6/h8-10H,11H2,1-7H3. The molecule has 0 aliphatic carbocycles. The van der Waals surface area contributed by atoms with Crippen molar-refractivity contribution >= 4 is 32.0 Å². The lowest BCUT2D eigenvalue weighted by molar-refractivity contribution is 0.0382. The highest BCUT2D eigenvalue weighted by Gasteiger charge is 2.29. The van der Waals surface area contributed by atoms with Crippen molar-refractivity contribution in [2.75, 3.05) is 6.26 Å². The third kappa shape index (κ3) is 6.43. The van der Waals surface area contributed by atoms with E-state index in [0.29, 0.717) is 5.56 Å². The Morgan fingerprint density at radius 3 is 2.08 bits per heavy atom. The Bertz CT molecular complexity index is 715. The van der Waals surface area contributed by atoms with Crippen LogP contribution in [0, 0.1) is 0 Å². The minimum atomic E-state index is -3.75. The molecule has 0 unspecified atom stereocenters.